The highest BCUT2D eigenvalue weighted by Crippen LogP contribution is 2.33. The van der Waals surface area contributed by atoms with Gasteiger partial charge in [0.05, 0.1) is 12.7 Å². The summed E-state index contributed by atoms with van der Waals surface area (Å²) in [6.45, 7) is 0.441. The summed E-state index contributed by atoms with van der Waals surface area (Å²) in [6, 6.07) is 9.76. The summed E-state index contributed by atoms with van der Waals surface area (Å²) in [7, 11) is 1.52. The van der Waals surface area contributed by atoms with Gasteiger partial charge in [0, 0.05) is 19.1 Å². The van der Waals surface area contributed by atoms with Crippen LogP contribution in [0.25, 0.3) is 0 Å². The number of fused-ring (bicyclic) bond motifs is 1. The summed E-state index contributed by atoms with van der Waals surface area (Å²) >= 11 is 0. The predicted molar refractivity (Wildman–Crippen MR) is 66.3 cm³/mol. The lowest BCUT2D eigenvalue weighted by molar-refractivity contribution is -0.333. The lowest BCUT2D eigenvalue weighted by Gasteiger charge is -2.43. The Kier molecular flexibility index (Phi) is 3.81. The first-order chi connectivity index (χ1) is 9.28. The van der Waals surface area contributed by atoms with E-state index in [1.165, 1.54) is 7.11 Å². The fourth-order valence-electron chi connectivity index (χ4n) is 2.52. The van der Waals surface area contributed by atoms with Crippen LogP contribution in [0.1, 0.15) is 18.3 Å². The van der Waals surface area contributed by atoms with Crippen LogP contribution >= 0.6 is 0 Å². The second kappa shape index (κ2) is 5.56. The maximum Gasteiger partial charge on any atom is 0.184 e. The number of aliphatic hydroxyl groups is 1. The van der Waals surface area contributed by atoms with E-state index in [9.17, 15) is 5.11 Å². The molecule has 1 aromatic rings. The van der Waals surface area contributed by atoms with E-state index in [2.05, 4.69) is 0 Å². The van der Waals surface area contributed by atoms with Gasteiger partial charge in [-0.05, 0) is 0 Å². The van der Waals surface area contributed by atoms with Gasteiger partial charge in [0.1, 0.15) is 12.2 Å². The van der Waals surface area contributed by atoms with Crippen LogP contribution in [-0.4, -0.2) is 43.4 Å². The molecule has 0 aliphatic carbocycles. The maximum atomic E-state index is 9.89. The van der Waals surface area contributed by atoms with Gasteiger partial charge in [0.2, 0.25) is 0 Å². The molecule has 1 N–H and O–H groups in total. The van der Waals surface area contributed by atoms with Crippen molar-refractivity contribution in [2.75, 3.05) is 13.7 Å². The van der Waals surface area contributed by atoms with Crippen LogP contribution in [0.15, 0.2) is 30.3 Å². The van der Waals surface area contributed by atoms with Crippen LogP contribution in [0, 0.1) is 0 Å². The van der Waals surface area contributed by atoms with E-state index in [1.807, 2.05) is 30.3 Å². The Morgan fingerprint density at radius 1 is 1.16 bits per heavy atom. The molecule has 1 aromatic carbocycles. The summed E-state index contributed by atoms with van der Waals surface area (Å²) in [6.07, 6.45) is -1.51. The minimum atomic E-state index is -0.666. The number of rotatable bonds is 2. The highest BCUT2D eigenvalue weighted by atomic mass is 16.7. The van der Waals surface area contributed by atoms with E-state index >= 15 is 0 Å². The molecule has 0 unspecified atom stereocenters. The Morgan fingerprint density at radius 3 is 2.68 bits per heavy atom. The van der Waals surface area contributed by atoms with Gasteiger partial charge in [0.15, 0.2) is 12.6 Å². The summed E-state index contributed by atoms with van der Waals surface area (Å²) in [5.74, 6) is 0. The molecule has 3 rings (SSSR count). The Bertz CT molecular complexity index is 410. The summed E-state index contributed by atoms with van der Waals surface area (Å²) in [4.78, 5) is 0. The van der Waals surface area contributed by atoms with E-state index in [0.29, 0.717) is 13.0 Å². The van der Waals surface area contributed by atoms with E-state index in [1.54, 1.807) is 0 Å². The molecule has 0 amide bonds. The van der Waals surface area contributed by atoms with E-state index in [4.69, 9.17) is 18.9 Å². The molecule has 2 saturated heterocycles. The largest absolute Gasteiger partial charge is 0.388 e. The van der Waals surface area contributed by atoms with Crippen molar-refractivity contribution in [1.29, 1.82) is 0 Å². The van der Waals surface area contributed by atoms with Crippen LogP contribution in [0.4, 0.5) is 0 Å². The molecule has 104 valence electrons. The van der Waals surface area contributed by atoms with Crippen LogP contribution in [0.3, 0.4) is 0 Å². The van der Waals surface area contributed by atoms with Gasteiger partial charge in [-0.1, -0.05) is 30.3 Å². The number of hydrogen-bond acceptors (Lipinski definition) is 5. The standard InChI is InChI=1S/C14H18O5/c1-16-14-10(15)7-11-12(19-14)8-17-13(18-11)9-5-3-2-4-6-9/h2-6,10-15H,7-8H2,1H3/t10-,11+,12-,13-,14+/m0/s1. The molecule has 0 saturated carbocycles. The molecule has 5 nitrogen and oxygen atoms in total. The molecule has 19 heavy (non-hydrogen) atoms. The molecule has 0 radical (unpaired) electrons. The molecule has 2 fully saturated rings. The zero-order valence-corrected chi connectivity index (χ0v) is 10.8. The molecule has 5 atom stereocenters. The van der Waals surface area contributed by atoms with Crippen LogP contribution in [0.2, 0.25) is 0 Å². The van der Waals surface area contributed by atoms with Gasteiger partial charge in [-0.15, -0.1) is 0 Å². The van der Waals surface area contributed by atoms with E-state index in [-0.39, 0.29) is 12.2 Å². The van der Waals surface area contributed by atoms with Gasteiger partial charge < -0.3 is 24.1 Å². The first-order valence-corrected chi connectivity index (χ1v) is 6.46. The first-order valence-electron chi connectivity index (χ1n) is 6.46. The first kappa shape index (κ1) is 13.0. The third-order valence-corrected chi connectivity index (χ3v) is 3.53. The third-order valence-electron chi connectivity index (χ3n) is 3.53. The van der Waals surface area contributed by atoms with Crippen molar-refractivity contribution in [3.8, 4) is 0 Å². The average molecular weight is 266 g/mol. The fourth-order valence-corrected chi connectivity index (χ4v) is 2.52. The molecule has 0 aromatic heterocycles. The number of ether oxygens (including phenoxy) is 4. The van der Waals surface area contributed by atoms with Crippen molar-refractivity contribution in [3.63, 3.8) is 0 Å². The van der Waals surface area contributed by atoms with Gasteiger partial charge >= 0.3 is 0 Å². The molecule has 2 heterocycles. The highest BCUT2D eigenvalue weighted by molar-refractivity contribution is 5.16. The number of methoxy groups -OCH3 is 1. The summed E-state index contributed by atoms with van der Waals surface area (Å²) in [5.41, 5.74) is 0.976. The topological polar surface area (TPSA) is 57.2 Å². The quantitative estimate of drug-likeness (QED) is 0.872. The van der Waals surface area contributed by atoms with E-state index < -0.39 is 18.7 Å². The molecular weight excluding hydrogens is 248 g/mol. The molecule has 5 heteroatoms. The van der Waals surface area contributed by atoms with Crippen molar-refractivity contribution >= 4 is 0 Å². The normalized spacial score (nSPS) is 38.7. The zero-order valence-electron chi connectivity index (χ0n) is 10.8. The fraction of sp³-hybridized carbons (Fsp3) is 0.571. The number of benzene rings is 1. The average Bonchev–Trinajstić information content (AvgIpc) is 2.47. The monoisotopic (exact) mass is 266 g/mol. The van der Waals surface area contributed by atoms with Crippen molar-refractivity contribution in [2.24, 2.45) is 0 Å². The van der Waals surface area contributed by atoms with Gasteiger partial charge in [0.25, 0.3) is 0 Å². The zero-order chi connectivity index (χ0) is 13.2. The van der Waals surface area contributed by atoms with Crippen LogP contribution < -0.4 is 0 Å². The van der Waals surface area contributed by atoms with Gasteiger partial charge in [-0.25, -0.2) is 0 Å². The van der Waals surface area contributed by atoms with Crippen molar-refractivity contribution in [3.05, 3.63) is 35.9 Å². The lowest BCUT2D eigenvalue weighted by atomic mass is 10.0. The molecule has 0 spiro atoms. The van der Waals surface area contributed by atoms with Gasteiger partial charge in [-0.2, -0.15) is 0 Å². The lowest BCUT2D eigenvalue weighted by Crippen LogP contribution is -2.53. The molecule has 0 bridgehead atoms. The minimum absolute atomic E-state index is 0.166. The Hall–Kier alpha value is -0.980. The Balaban J connectivity index is 1.68. The summed E-state index contributed by atoms with van der Waals surface area (Å²) in [5, 5.41) is 9.89. The second-order valence-electron chi connectivity index (χ2n) is 4.83. The van der Waals surface area contributed by atoms with Crippen molar-refractivity contribution in [1.82, 2.24) is 0 Å². The SMILES string of the molecule is CO[C@@H]1O[C@H]2CO[C@H](c3ccccc3)O[C@@H]2C[C@@H]1O. The highest BCUT2D eigenvalue weighted by Gasteiger charge is 2.42. The maximum absolute atomic E-state index is 9.89. The second-order valence-corrected chi connectivity index (χ2v) is 4.83. The predicted octanol–water partition coefficient (Wildman–Crippen LogP) is 1.22. The summed E-state index contributed by atoms with van der Waals surface area (Å²) < 4.78 is 22.2. The minimum Gasteiger partial charge on any atom is -0.388 e. The van der Waals surface area contributed by atoms with E-state index in [0.717, 1.165) is 5.56 Å². The third kappa shape index (κ3) is 2.66. The smallest absolute Gasteiger partial charge is 0.184 e. The number of aliphatic hydroxyl groups excluding tert-OH is 1. The molecular formula is C14H18O5. The van der Waals surface area contributed by atoms with Crippen molar-refractivity contribution < 1.29 is 24.1 Å². The Morgan fingerprint density at radius 2 is 1.95 bits per heavy atom. The van der Waals surface area contributed by atoms with Crippen molar-refractivity contribution in [2.45, 2.75) is 37.3 Å². The Labute approximate surface area is 112 Å². The molecule has 2 aliphatic rings. The van der Waals surface area contributed by atoms with Crippen LogP contribution in [0.5, 0.6) is 0 Å². The van der Waals surface area contributed by atoms with Gasteiger partial charge in [-0.3, -0.25) is 0 Å². The van der Waals surface area contributed by atoms with Crippen LogP contribution in [-0.2, 0) is 18.9 Å². The molecule has 2 aliphatic heterocycles. The number of hydrogen-bond donors (Lipinski definition) is 1.